The van der Waals surface area contributed by atoms with Crippen LogP contribution in [0.5, 0.6) is 0 Å². The average molecular weight is 259 g/mol. The zero-order valence-corrected chi connectivity index (χ0v) is 12.4. The quantitative estimate of drug-likeness (QED) is 0.851. The fourth-order valence-electron chi connectivity index (χ4n) is 2.25. The molecule has 0 aliphatic carbocycles. The molecular weight excluding hydrogens is 238 g/mol. The molecule has 1 nitrogen and oxygen atoms in total. The topological polar surface area (TPSA) is 12.0 Å². The summed E-state index contributed by atoms with van der Waals surface area (Å²) in [6.45, 7) is 9.69. The van der Waals surface area contributed by atoms with Gasteiger partial charge in [-0.25, -0.2) is 0 Å². The van der Waals surface area contributed by atoms with Gasteiger partial charge in [-0.2, -0.15) is 11.3 Å². The smallest absolute Gasteiger partial charge is 0.0297 e. The van der Waals surface area contributed by atoms with E-state index in [-0.39, 0.29) is 0 Å². The molecule has 0 spiro atoms. The highest BCUT2D eigenvalue weighted by atomic mass is 32.1. The van der Waals surface area contributed by atoms with Crippen LogP contribution in [0.15, 0.2) is 29.0 Å². The lowest BCUT2D eigenvalue weighted by Crippen LogP contribution is -2.19. The summed E-state index contributed by atoms with van der Waals surface area (Å²) in [6.07, 6.45) is 0. The maximum Gasteiger partial charge on any atom is 0.0297 e. The van der Waals surface area contributed by atoms with E-state index in [4.69, 9.17) is 0 Å². The van der Waals surface area contributed by atoms with Crippen molar-refractivity contribution < 1.29 is 0 Å². The van der Waals surface area contributed by atoms with Gasteiger partial charge in [-0.05, 0) is 60.7 Å². The van der Waals surface area contributed by atoms with Crippen LogP contribution < -0.4 is 5.32 Å². The second-order valence-electron chi connectivity index (χ2n) is 5.04. The van der Waals surface area contributed by atoms with Crippen molar-refractivity contribution in [2.24, 2.45) is 0 Å². The van der Waals surface area contributed by atoms with Crippen LogP contribution in [0.2, 0.25) is 0 Å². The Morgan fingerprint density at radius 1 is 1.11 bits per heavy atom. The normalized spacial score (nSPS) is 12.7. The third-order valence-corrected chi connectivity index (χ3v) is 4.36. The van der Waals surface area contributed by atoms with Crippen LogP contribution in [0.3, 0.4) is 0 Å². The van der Waals surface area contributed by atoms with E-state index in [1.807, 2.05) is 0 Å². The molecule has 2 aromatic rings. The highest BCUT2D eigenvalue weighted by molar-refractivity contribution is 7.08. The van der Waals surface area contributed by atoms with Crippen LogP contribution in [0.25, 0.3) is 0 Å². The van der Waals surface area contributed by atoms with Crippen molar-refractivity contribution in [3.8, 4) is 0 Å². The fraction of sp³-hybridized carbons (Fsp3) is 0.375. The number of benzene rings is 1. The van der Waals surface area contributed by atoms with Crippen LogP contribution in [-0.2, 0) is 6.54 Å². The fourth-order valence-corrected chi connectivity index (χ4v) is 3.11. The summed E-state index contributed by atoms with van der Waals surface area (Å²) in [4.78, 5) is 0. The standard InChI is InChI=1S/C16H21NS/c1-11-5-6-16(12(2)7-11)14(4)17-8-15-10-18-9-13(15)3/h5-7,9-10,14,17H,8H2,1-4H3. The maximum atomic E-state index is 3.61. The second-order valence-corrected chi connectivity index (χ2v) is 5.79. The molecule has 1 unspecified atom stereocenters. The van der Waals surface area contributed by atoms with Gasteiger partial charge in [-0.15, -0.1) is 0 Å². The highest BCUT2D eigenvalue weighted by Crippen LogP contribution is 2.20. The Morgan fingerprint density at radius 3 is 2.50 bits per heavy atom. The Kier molecular flexibility index (Phi) is 4.20. The van der Waals surface area contributed by atoms with E-state index >= 15 is 0 Å². The van der Waals surface area contributed by atoms with Gasteiger partial charge >= 0.3 is 0 Å². The van der Waals surface area contributed by atoms with Crippen LogP contribution in [0, 0.1) is 20.8 Å². The van der Waals surface area contributed by atoms with Crippen molar-refractivity contribution in [1.82, 2.24) is 5.32 Å². The largest absolute Gasteiger partial charge is 0.306 e. The zero-order chi connectivity index (χ0) is 13.1. The average Bonchev–Trinajstić information content (AvgIpc) is 2.72. The monoisotopic (exact) mass is 259 g/mol. The van der Waals surface area contributed by atoms with Gasteiger partial charge in [-0.1, -0.05) is 23.8 Å². The lowest BCUT2D eigenvalue weighted by Gasteiger charge is -2.17. The molecule has 1 aromatic carbocycles. The van der Waals surface area contributed by atoms with Crippen LogP contribution in [-0.4, -0.2) is 0 Å². The Hall–Kier alpha value is -1.12. The molecule has 2 rings (SSSR count). The van der Waals surface area contributed by atoms with Gasteiger partial charge in [0.25, 0.3) is 0 Å². The molecule has 0 bridgehead atoms. The number of hydrogen-bond donors (Lipinski definition) is 1. The first-order chi connectivity index (χ1) is 8.58. The van der Waals surface area contributed by atoms with Gasteiger partial charge in [0.05, 0.1) is 0 Å². The van der Waals surface area contributed by atoms with Crippen molar-refractivity contribution in [3.63, 3.8) is 0 Å². The minimum absolute atomic E-state index is 0.393. The predicted molar refractivity (Wildman–Crippen MR) is 80.2 cm³/mol. The SMILES string of the molecule is Cc1ccc(C(C)NCc2cscc2C)c(C)c1. The minimum atomic E-state index is 0.393. The van der Waals surface area contributed by atoms with Crippen molar-refractivity contribution in [1.29, 1.82) is 0 Å². The molecule has 0 radical (unpaired) electrons. The summed E-state index contributed by atoms with van der Waals surface area (Å²) in [6, 6.07) is 7.08. The lowest BCUT2D eigenvalue weighted by atomic mass is 10.00. The van der Waals surface area contributed by atoms with Crippen molar-refractivity contribution in [2.75, 3.05) is 0 Å². The molecule has 96 valence electrons. The summed E-state index contributed by atoms with van der Waals surface area (Å²) >= 11 is 1.78. The maximum absolute atomic E-state index is 3.61. The van der Waals surface area contributed by atoms with Gasteiger partial charge in [0.15, 0.2) is 0 Å². The molecule has 0 aliphatic heterocycles. The number of rotatable bonds is 4. The first-order valence-electron chi connectivity index (χ1n) is 6.40. The van der Waals surface area contributed by atoms with E-state index < -0.39 is 0 Å². The summed E-state index contributed by atoms with van der Waals surface area (Å²) in [5.41, 5.74) is 6.90. The van der Waals surface area contributed by atoms with E-state index in [1.165, 1.54) is 27.8 Å². The summed E-state index contributed by atoms with van der Waals surface area (Å²) in [5.74, 6) is 0. The molecule has 1 aromatic heterocycles. The molecule has 1 heterocycles. The van der Waals surface area contributed by atoms with E-state index in [0.29, 0.717) is 6.04 Å². The van der Waals surface area contributed by atoms with E-state index in [2.05, 4.69) is 62.0 Å². The Morgan fingerprint density at radius 2 is 1.89 bits per heavy atom. The van der Waals surface area contributed by atoms with Crippen molar-refractivity contribution in [2.45, 2.75) is 40.3 Å². The summed E-state index contributed by atoms with van der Waals surface area (Å²) < 4.78 is 0. The van der Waals surface area contributed by atoms with E-state index in [1.54, 1.807) is 11.3 Å². The first-order valence-corrected chi connectivity index (χ1v) is 7.34. The van der Waals surface area contributed by atoms with Gasteiger partial charge in [0, 0.05) is 12.6 Å². The van der Waals surface area contributed by atoms with E-state index in [9.17, 15) is 0 Å². The van der Waals surface area contributed by atoms with E-state index in [0.717, 1.165) is 6.54 Å². The lowest BCUT2D eigenvalue weighted by molar-refractivity contribution is 0.571. The third-order valence-electron chi connectivity index (χ3n) is 3.45. The predicted octanol–water partition coefficient (Wildman–Crippen LogP) is 4.52. The highest BCUT2D eigenvalue weighted by Gasteiger charge is 2.08. The van der Waals surface area contributed by atoms with Crippen LogP contribution in [0.4, 0.5) is 0 Å². The minimum Gasteiger partial charge on any atom is -0.306 e. The molecule has 2 heteroatoms. The van der Waals surface area contributed by atoms with Gasteiger partial charge in [0.1, 0.15) is 0 Å². The number of hydrogen-bond acceptors (Lipinski definition) is 2. The molecule has 1 N–H and O–H groups in total. The Bertz CT molecular complexity index is 528. The Labute approximate surface area is 114 Å². The van der Waals surface area contributed by atoms with Crippen LogP contribution >= 0.6 is 11.3 Å². The Balaban J connectivity index is 2.03. The van der Waals surface area contributed by atoms with Gasteiger partial charge in [-0.3, -0.25) is 0 Å². The molecular formula is C16H21NS. The molecule has 0 fully saturated rings. The molecule has 0 aliphatic rings. The number of thiophene rings is 1. The van der Waals surface area contributed by atoms with Crippen LogP contribution in [0.1, 0.15) is 40.8 Å². The molecule has 0 saturated heterocycles. The van der Waals surface area contributed by atoms with Crippen molar-refractivity contribution >= 4 is 11.3 Å². The van der Waals surface area contributed by atoms with Gasteiger partial charge < -0.3 is 5.32 Å². The molecule has 18 heavy (non-hydrogen) atoms. The number of aryl methyl sites for hydroxylation is 3. The number of nitrogens with one attached hydrogen (secondary N) is 1. The molecule has 0 saturated carbocycles. The third kappa shape index (κ3) is 3.01. The molecule has 0 amide bonds. The van der Waals surface area contributed by atoms with Gasteiger partial charge in [0.2, 0.25) is 0 Å². The second kappa shape index (κ2) is 5.68. The zero-order valence-electron chi connectivity index (χ0n) is 11.6. The summed E-state index contributed by atoms with van der Waals surface area (Å²) in [5, 5.41) is 8.05. The molecule has 1 atom stereocenters. The first kappa shape index (κ1) is 13.3. The summed E-state index contributed by atoms with van der Waals surface area (Å²) in [7, 11) is 0. The van der Waals surface area contributed by atoms with Crippen molar-refractivity contribution in [3.05, 3.63) is 56.8 Å².